The topological polar surface area (TPSA) is 24.9 Å². The number of nitrogens with zero attached hydrogens (tertiary/aromatic N) is 1. The molecule has 1 N–H and O–H groups in total. The molecule has 2 aromatic rings. The minimum atomic E-state index is 0.783. The highest BCUT2D eigenvalue weighted by Crippen LogP contribution is 2.10. The van der Waals surface area contributed by atoms with Crippen molar-refractivity contribution in [3.8, 4) is 0 Å². The first-order valence-corrected chi connectivity index (χ1v) is 5.61. The third kappa shape index (κ3) is 3.24. The van der Waals surface area contributed by atoms with Crippen LogP contribution in [0.2, 0.25) is 5.02 Å². The van der Waals surface area contributed by atoms with Crippen molar-refractivity contribution in [3.63, 3.8) is 0 Å². The molecule has 3 heteroatoms. The molecular formula is C13H13ClN2. The molecule has 0 saturated heterocycles. The predicted octanol–water partition coefficient (Wildman–Crippen LogP) is 3.39. The van der Waals surface area contributed by atoms with Crippen LogP contribution in [0.15, 0.2) is 48.8 Å². The summed E-state index contributed by atoms with van der Waals surface area (Å²) in [6.45, 7) is 0.908. The van der Waals surface area contributed by atoms with Crippen LogP contribution < -0.4 is 5.32 Å². The third-order valence-corrected chi connectivity index (χ3v) is 2.59. The Kier molecular flexibility index (Phi) is 3.78. The van der Waals surface area contributed by atoms with E-state index in [1.165, 1.54) is 5.56 Å². The lowest BCUT2D eigenvalue weighted by Gasteiger charge is -2.05. The molecule has 0 bridgehead atoms. The number of anilines is 1. The Balaban J connectivity index is 1.82. The van der Waals surface area contributed by atoms with Crippen molar-refractivity contribution < 1.29 is 0 Å². The van der Waals surface area contributed by atoms with Crippen LogP contribution in [0.25, 0.3) is 0 Å². The second-order valence-corrected chi connectivity index (χ2v) is 3.98. The number of hydrogen-bond acceptors (Lipinski definition) is 2. The van der Waals surface area contributed by atoms with Crippen molar-refractivity contribution in [1.82, 2.24) is 4.98 Å². The minimum Gasteiger partial charge on any atom is -0.385 e. The van der Waals surface area contributed by atoms with Gasteiger partial charge in [0, 0.05) is 29.6 Å². The normalized spacial score (nSPS) is 10.1. The van der Waals surface area contributed by atoms with Crippen molar-refractivity contribution in [1.29, 1.82) is 0 Å². The summed E-state index contributed by atoms with van der Waals surface area (Å²) in [5.41, 5.74) is 2.38. The second kappa shape index (κ2) is 5.52. The van der Waals surface area contributed by atoms with Crippen LogP contribution in [-0.4, -0.2) is 11.5 Å². The van der Waals surface area contributed by atoms with Gasteiger partial charge in [-0.05, 0) is 36.2 Å². The van der Waals surface area contributed by atoms with E-state index in [9.17, 15) is 0 Å². The molecule has 1 aromatic heterocycles. The third-order valence-electron chi connectivity index (χ3n) is 2.34. The molecule has 0 aliphatic heterocycles. The quantitative estimate of drug-likeness (QED) is 0.874. The van der Waals surface area contributed by atoms with Crippen LogP contribution in [0.3, 0.4) is 0 Å². The van der Waals surface area contributed by atoms with Crippen LogP contribution in [0.4, 0.5) is 5.69 Å². The van der Waals surface area contributed by atoms with Gasteiger partial charge in [0.1, 0.15) is 0 Å². The summed E-state index contributed by atoms with van der Waals surface area (Å²) >= 11 is 5.82. The fraction of sp³-hybridized carbons (Fsp3) is 0.154. The van der Waals surface area contributed by atoms with E-state index < -0.39 is 0 Å². The van der Waals surface area contributed by atoms with Crippen molar-refractivity contribution in [2.45, 2.75) is 6.42 Å². The Hall–Kier alpha value is -1.54. The summed E-state index contributed by atoms with van der Waals surface area (Å²) in [4.78, 5) is 3.97. The number of rotatable bonds is 4. The van der Waals surface area contributed by atoms with E-state index in [2.05, 4.69) is 22.4 Å². The molecule has 0 fully saturated rings. The molecule has 0 saturated carbocycles. The number of hydrogen-bond donors (Lipinski definition) is 1. The molecule has 0 aliphatic carbocycles. The molecule has 2 rings (SSSR count). The lowest BCUT2D eigenvalue weighted by molar-refractivity contribution is 1.02. The van der Waals surface area contributed by atoms with Crippen molar-refractivity contribution in [3.05, 3.63) is 59.4 Å². The molecule has 82 valence electrons. The first kappa shape index (κ1) is 11.0. The van der Waals surface area contributed by atoms with Crippen LogP contribution >= 0.6 is 11.6 Å². The van der Waals surface area contributed by atoms with Gasteiger partial charge < -0.3 is 5.32 Å². The molecule has 0 aliphatic rings. The summed E-state index contributed by atoms with van der Waals surface area (Å²) in [6, 6.07) is 11.9. The van der Waals surface area contributed by atoms with Crippen LogP contribution in [0.1, 0.15) is 5.56 Å². The standard InChI is InChI=1S/C13H13ClN2/c14-12-3-1-11(2-4-12)5-10-16-13-6-8-15-9-7-13/h1-4,6-9H,5,10H2,(H,15,16). The van der Waals surface area contributed by atoms with E-state index in [1.54, 1.807) is 12.4 Å². The molecule has 0 amide bonds. The molecule has 0 atom stereocenters. The Labute approximate surface area is 100 Å². The van der Waals surface area contributed by atoms with Gasteiger partial charge in [-0.1, -0.05) is 23.7 Å². The molecule has 1 heterocycles. The fourth-order valence-electron chi connectivity index (χ4n) is 1.47. The van der Waals surface area contributed by atoms with Crippen LogP contribution in [0, 0.1) is 0 Å². The molecule has 16 heavy (non-hydrogen) atoms. The van der Waals surface area contributed by atoms with E-state index in [-0.39, 0.29) is 0 Å². The van der Waals surface area contributed by atoms with Gasteiger partial charge in [0.05, 0.1) is 0 Å². The van der Waals surface area contributed by atoms with Gasteiger partial charge in [-0.2, -0.15) is 0 Å². The van der Waals surface area contributed by atoms with Gasteiger partial charge in [0.25, 0.3) is 0 Å². The highest BCUT2D eigenvalue weighted by atomic mass is 35.5. The summed E-state index contributed by atoms with van der Waals surface area (Å²) in [7, 11) is 0. The van der Waals surface area contributed by atoms with E-state index in [1.807, 2.05) is 24.3 Å². The summed E-state index contributed by atoms with van der Waals surface area (Å²) in [5, 5.41) is 4.12. The zero-order valence-corrected chi connectivity index (χ0v) is 9.61. The maximum atomic E-state index is 5.82. The van der Waals surface area contributed by atoms with Gasteiger partial charge in [-0.3, -0.25) is 4.98 Å². The fourth-order valence-corrected chi connectivity index (χ4v) is 1.60. The number of halogens is 1. The van der Waals surface area contributed by atoms with E-state index >= 15 is 0 Å². The summed E-state index contributed by atoms with van der Waals surface area (Å²) < 4.78 is 0. The highest BCUT2D eigenvalue weighted by molar-refractivity contribution is 6.30. The summed E-state index contributed by atoms with van der Waals surface area (Å²) in [6.07, 6.45) is 4.55. The summed E-state index contributed by atoms with van der Waals surface area (Å²) in [5.74, 6) is 0. The van der Waals surface area contributed by atoms with E-state index in [0.29, 0.717) is 0 Å². The monoisotopic (exact) mass is 232 g/mol. The molecule has 0 unspecified atom stereocenters. The predicted molar refractivity (Wildman–Crippen MR) is 67.9 cm³/mol. The molecule has 1 aromatic carbocycles. The zero-order valence-electron chi connectivity index (χ0n) is 8.86. The first-order chi connectivity index (χ1) is 7.84. The Bertz CT molecular complexity index is 425. The SMILES string of the molecule is Clc1ccc(CCNc2ccncc2)cc1. The van der Waals surface area contributed by atoms with Crippen LogP contribution in [-0.2, 0) is 6.42 Å². The smallest absolute Gasteiger partial charge is 0.0406 e. The van der Waals surface area contributed by atoms with E-state index in [0.717, 1.165) is 23.7 Å². The molecule has 0 spiro atoms. The van der Waals surface area contributed by atoms with Gasteiger partial charge in [-0.25, -0.2) is 0 Å². The number of nitrogens with one attached hydrogen (secondary N) is 1. The Morgan fingerprint density at radius 3 is 2.38 bits per heavy atom. The number of pyridine rings is 1. The van der Waals surface area contributed by atoms with Crippen molar-refractivity contribution in [2.24, 2.45) is 0 Å². The average molecular weight is 233 g/mol. The lowest BCUT2D eigenvalue weighted by Crippen LogP contribution is -2.04. The van der Waals surface area contributed by atoms with Crippen LogP contribution in [0.5, 0.6) is 0 Å². The van der Waals surface area contributed by atoms with Gasteiger partial charge in [0.15, 0.2) is 0 Å². The Morgan fingerprint density at radius 2 is 1.69 bits per heavy atom. The highest BCUT2D eigenvalue weighted by Gasteiger charge is 1.94. The van der Waals surface area contributed by atoms with Crippen molar-refractivity contribution in [2.75, 3.05) is 11.9 Å². The number of aromatic nitrogens is 1. The van der Waals surface area contributed by atoms with E-state index in [4.69, 9.17) is 11.6 Å². The van der Waals surface area contributed by atoms with Gasteiger partial charge in [0.2, 0.25) is 0 Å². The van der Waals surface area contributed by atoms with Gasteiger partial charge in [-0.15, -0.1) is 0 Å². The lowest BCUT2D eigenvalue weighted by atomic mass is 10.1. The maximum absolute atomic E-state index is 5.82. The Morgan fingerprint density at radius 1 is 1.00 bits per heavy atom. The molecular weight excluding hydrogens is 220 g/mol. The molecule has 0 radical (unpaired) electrons. The molecule has 2 nitrogen and oxygen atoms in total. The minimum absolute atomic E-state index is 0.783. The maximum Gasteiger partial charge on any atom is 0.0406 e. The largest absolute Gasteiger partial charge is 0.385 e. The second-order valence-electron chi connectivity index (χ2n) is 3.54. The average Bonchev–Trinajstić information content (AvgIpc) is 2.33. The first-order valence-electron chi connectivity index (χ1n) is 5.23. The number of benzene rings is 1. The zero-order chi connectivity index (χ0) is 11.2. The van der Waals surface area contributed by atoms with Gasteiger partial charge >= 0.3 is 0 Å². The van der Waals surface area contributed by atoms with Crippen molar-refractivity contribution >= 4 is 17.3 Å².